The summed E-state index contributed by atoms with van der Waals surface area (Å²) < 4.78 is 7.73. The number of aromatic nitrogens is 1. The fourth-order valence-electron chi connectivity index (χ4n) is 2.61. The molecule has 0 bridgehead atoms. The average Bonchev–Trinajstić information content (AvgIpc) is 2.57. The van der Waals surface area contributed by atoms with Gasteiger partial charge in [-0.25, -0.2) is 0 Å². The molecule has 2 aromatic carbocycles. The molecule has 0 spiro atoms. The number of fused-ring (bicyclic) bond motifs is 1. The Bertz CT molecular complexity index is 771. The second-order valence-corrected chi connectivity index (χ2v) is 6.39. The molecular weight excluding hydrogens is 290 g/mol. The summed E-state index contributed by atoms with van der Waals surface area (Å²) in [7, 11) is 1.71. The highest BCUT2D eigenvalue weighted by Crippen LogP contribution is 2.22. The monoisotopic (exact) mass is 310 g/mol. The van der Waals surface area contributed by atoms with Crippen molar-refractivity contribution < 1.29 is 9.30 Å². The third-order valence-corrected chi connectivity index (χ3v) is 4.61. The first-order chi connectivity index (χ1) is 10.8. The first kappa shape index (κ1) is 14.9. The van der Waals surface area contributed by atoms with Gasteiger partial charge in [0, 0.05) is 23.4 Å². The van der Waals surface area contributed by atoms with Gasteiger partial charge < -0.3 is 4.74 Å². The van der Waals surface area contributed by atoms with Crippen LogP contribution in [0.2, 0.25) is 0 Å². The van der Waals surface area contributed by atoms with Gasteiger partial charge in [-0.15, -0.1) is 0 Å². The molecule has 0 radical (unpaired) electrons. The average molecular weight is 310 g/mol. The van der Waals surface area contributed by atoms with E-state index in [1.807, 2.05) is 17.8 Å². The lowest BCUT2D eigenvalue weighted by atomic mass is 10.1. The summed E-state index contributed by atoms with van der Waals surface area (Å²) in [4.78, 5) is 0. The number of rotatable bonds is 5. The number of hydrogen-bond acceptors (Lipinski definition) is 2. The molecule has 2 nitrogen and oxygen atoms in total. The maximum Gasteiger partial charge on any atom is 0.240 e. The zero-order valence-electron chi connectivity index (χ0n) is 13.0. The predicted octanol–water partition coefficient (Wildman–Crippen LogP) is 4.30. The number of benzene rings is 2. The van der Waals surface area contributed by atoms with Crippen LogP contribution in [0.4, 0.5) is 0 Å². The van der Waals surface area contributed by atoms with Crippen molar-refractivity contribution in [3.05, 3.63) is 66.2 Å². The van der Waals surface area contributed by atoms with E-state index in [0.29, 0.717) is 0 Å². The third kappa shape index (κ3) is 3.09. The fourth-order valence-corrected chi connectivity index (χ4v) is 3.39. The molecule has 112 valence electrons. The number of nitrogens with zero attached hydrogens (tertiary/aromatic N) is 1. The van der Waals surface area contributed by atoms with Crippen LogP contribution in [-0.2, 0) is 6.54 Å². The smallest absolute Gasteiger partial charge is 0.240 e. The van der Waals surface area contributed by atoms with Gasteiger partial charge in [-0.2, -0.15) is 4.57 Å². The standard InChI is InChI=1S/C19H20NOS/c1-3-22-19-12-9-16-13-17(21-2)10-11-18(16)20(19)14-15-7-5-4-6-8-15/h4-13H,3,14H2,1-2H3/q+1. The van der Waals surface area contributed by atoms with E-state index in [1.165, 1.54) is 21.5 Å². The molecule has 3 aromatic rings. The molecule has 3 heteroatoms. The van der Waals surface area contributed by atoms with Crippen molar-refractivity contribution in [3.63, 3.8) is 0 Å². The van der Waals surface area contributed by atoms with E-state index >= 15 is 0 Å². The summed E-state index contributed by atoms with van der Waals surface area (Å²) in [6.07, 6.45) is 0. The van der Waals surface area contributed by atoms with Crippen LogP contribution >= 0.6 is 11.8 Å². The number of pyridine rings is 1. The van der Waals surface area contributed by atoms with E-state index in [-0.39, 0.29) is 0 Å². The maximum absolute atomic E-state index is 5.34. The lowest BCUT2D eigenvalue weighted by Gasteiger charge is -2.08. The number of methoxy groups -OCH3 is 1. The summed E-state index contributed by atoms with van der Waals surface area (Å²) in [5.41, 5.74) is 2.55. The van der Waals surface area contributed by atoms with Gasteiger partial charge >= 0.3 is 0 Å². The van der Waals surface area contributed by atoms with Crippen LogP contribution in [0.3, 0.4) is 0 Å². The second kappa shape index (κ2) is 6.84. The minimum atomic E-state index is 0.882. The van der Waals surface area contributed by atoms with E-state index in [1.54, 1.807) is 7.11 Å². The van der Waals surface area contributed by atoms with Crippen molar-refractivity contribution in [1.82, 2.24) is 0 Å². The Morgan fingerprint density at radius 3 is 2.55 bits per heavy atom. The Balaban J connectivity index is 2.12. The molecular formula is C19H20NOS+. The Kier molecular flexibility index (Phi) is 4.64. The van der Waals surface area contributed by atoms with Crippen molar-refractivity contribution in [3.8, 4) is 5.75 Å². The largest absolute Gasteiger partial charge is 0.497 e. The van der Waals surface area contributed by atoms with Crippen LogP contribution in [0.5, 0.6) is 5.75 Å². The minimum absolute atomic E-state index is 0.882. The van der Waals surface area contributed by atoms with Crippen molar-refractivity contribution in [2.75, 3.05) is 12.9 Å². The molecule has 22 heavy (non-hydrogen) atoms. The second-order valence-electron chi connectivity index (χ2n) is 5.10. The SMILES string of the molecule is CCSc1ccc2cc(OC)ccc2[n+]1Cc1ccccc1. The van der Waals surface area contributed by atoms with Gasteiger partial charge in [0.05, 0.1) is 12.5 Å². The molecule has 0 aliphatic rings. The van der Waals surface area contributed by atoms with Crippen LogP contribution in [0.15, 0.2) is 65.7 Å². The van der Waals surface area contributed by atoms with Crippen LogP contribution in [0, 0.1) is 0 Å². The Hall–Kier alpha value is -2.00. The van der Waals surface area contributed by atoms with E-state index in [9.17, 15) is 0 Å². The molecule has 0 N–H and O–H groups in total. The number of ether oxygens (including phenoxy) is 1. The van der Waals surface area contributed by atoms with Gasteiger partial charge in [-0.05, 0) is 18.2 Å². The molecule has 0 saturated heterocycles. The van der Waals surface area contributed by atoms with Crippen molar-refractivity contribution in [1.29, 1.82) is 0 Å². The van der Waals surface area contributed by atoms with Crippen molar-refractivity contribution >= 4 is 22.7 Å². The van der Waals surface area contributed by atoms with Gasteiger partial charge in [0.15, 0.2) is 6.54 Å². The molecule has 3 rings (SSSR count). The first-order valence-electron chi connectivity index (χ1n) is 7.49. The van der Waals surface area contributed by atoms with Crippen LogP contribution in [-0.4, -0.2) is 12.9 Å². The number of thioether (sulfide) groups is 1. The first-order valence-corrected chi connectivity index (χ1v) is 8.47. The zero-order valence-corrected chi connectivity index (χ0v) is 13.8. The Labute approximate surface area is 135 Å². The zero-order chi connectivity index (χ0) is 15.4. The quantitative estimate of drug-likeness (QED) is 0.515. The molecule has 1 heterocycles. The summed E-state index contributed by atoms with van der Waals surface area (Å²) in [6, 6.07) is 21.3. The molecule has 0 unspecified atom stereocenters. The molecule has 0 aliphatic heterocycles. The minimum Gasteiger partial charge on any atom is -0.497 e. The van der Waals surface area contributed by atoms with Gasteiger partial charge in [0.1, 0.15) is 5.75 Å². The third-order valence-electron chi connectivity index (χ3n) is 3.67. The van der Waals surface area contributed by atoms with Crippen molar-refractivity contribution in [2.24, 2.45) is 0 Å². The van der Waals surface area contributed by atoms with Gasteiger partial charge in [-0.3, -0.25) is 0 Å². The summed E-state index contributed by atoms with van der Waals surface area (Å²) >= 11 is 1.88. The van der Waals surface area contributed by atoms with Crippen LogP contribution in [0.25, 0.3) is 10.9 Å². The van der Waals surface area contributed by atoms with Crippen LogP contribution < -0.4 is 9.30 Å². The fraction of sp³-hybridized carbons (Fsp3) is 0.211. The molecule has 1 aromatic heterocycles. The van der Waals surface area contributed by atoms with E-state index < -0.39 is 0 Å². The summed E-state index contributed by atoms with van der Waals surface area (Å²) in [5.74, 6) is 1.96. The van der Waals surface area contributed by atoms with E-state index in [0.717, 1.165) is 18.0 Å². The normalized spacial score (nSPS) is 10.8. The molecule has 0 saturated carbocycles. The lowest BCUT2D eigenvalue weighted by molar-refractivity contribution is -0.699. The van der Waals surface area contributed by atoms with Crippen molar-refractivity contribution in [2.45, 2.75) is 18.5 Å². The highest BCUT2D eigenvalue weighted by Gasteiger charge is 2.16. The Morgan fingerprint density at radius 1 is 1.00 bits per heavy atom. The van der Waals surface area contributed by atoms with E-state index in [2.05, 4.69) is 66.1 Å². The molecule has 0 atom stereocenters. The summed E-state index contributed by atoms with van der Waals surface area (Å²) in [6.45, 7) is 3.07. The molecule has 0 fully saturated rings. The highest BCUT2D eigenvalue weighted by molar-refractivity contribution is 7.99. The number of hydrogen-bond donors (Lipinski definition) is 0. The molecule has 0 amide bonds. The summed E-state index contributed by atoms with van der Waals surface area (Å²) in [5, 5.41) is 2.50. The van der Waals surface area contributed by atoms with E-state index in [4.69, 9.17) is 4.74 Å². The van der Waals surface area contributed by atoms with Gasteiger partial charge in [0.25, 0.3) is 0 Å². The maximum atomic E-state index is 5.34. The lowest BCUT2D eigenvalue weighted by Crippen LogP contribution is -2.37. The topological polar surface area (TPSA) is 13.1 Å². The predicted molar refractivity (Wildman–Crippen MR) is 92.6 cm³/mol. The van der Waals surface area contributed by atoms with Gasteiger partial charge in [0.2, 0.25) is 10.5 Å². The van der Waals surface area contributed by atoms with Gasteiger partial charge in [-0.1, -0.05) is 49.0 Å². The Morgan fingerprint density at radius 2 is 1.82 bits per heavy atom. The highest BCUT2D eigenvalue weighted by atomic mass is 32.2. The van der Waals surface area contributed by atoms with Crippen LogP contribution in [0.1, 0.15) is 12.5 Å². The molecule has 0 aliphatic carbocycles.